The number of thiophene rings is 1. The van der Waals surface area contributed by atoms with Crippen molar-refractivity contribution in [3.8, 4) is 17.2 Å². The van der Waals surface area contributed by atoms with Gasteiger partial charge in [0.05, 0.1) is 15.1 Å². The van der Waals surface area contributed by atoms with Crippen LogP contribution in [0.4, 0.5) is 25.4 Å². The molecule has 39 heavy (non-hydrogen) atoms. The van der Waals surface area contributed by atoms with Crippen LogP contribution in [0.25, 0.3) is 15.8 Å². The molecule has 0 atom stereocenters. The van der Waals surface area contributed by atoms with Crippen LogP contribution >= 0.6 is 11.3 Å². The monoisotopic (exact) mass is 550 g/mol. The number of non-ortho nitro benzene ring substituents is 1. The van der Waals surface area contributed by atoms with E-state index >= 15 is 0 Å². The zero-order chi connectivity index (χ0) is 27.5. The molecule has 0 saturated carbocycles. The fourth-order valence-corrected chi connectivity index (χ4v) is 5.02. The second-order valence-corrected chi connectivity index (χ2v) is 9.41. The van der Waals surface area contributed by atoms with E-state index < -0.39 is 22.9 Å². The molecule has 0 saturated heterocycles. The van der Waals surface area contributed by atoms with E-state index in [9.17, 15) is 24.1 Å². The molecule has 5 rings (SSSR count). The minimum absolute atomic E-state index is 0.0688. The zero-order valence-corrected chi connectivity index (χ0v) is 20.8. The Hall–Kier alpha value is -5.04. The Morgan fingerprint density at radius 3 is 2.59 bits per heavy atom. The molecule has 1 aliphatic rings. The van der Waals surface area contributed by atoms with E-state index in [1.54, 1.807) is 12.3 Å². The summed E-state index contributed by atoms with van der Waals surface area (Å²) in [6.07, 6.45) is 2.15. The quantitative estimate of drug-likeness (QED) is 0.204. The number of carbonyl (C=O) groups excluding carboxylic acids is 1. The summed E-state index contributed by atoms with van der Waals surface area (Å²) in [5.74, 6) is -0.315. The van der Waals surface area contributed by atoms with Crippen LogP contribution in [0, 0.1) is 15.9 Å². The highest BCUT2D eigenvalue weighted by atomic mass is 32.1. The zero-order valence-electron chi connectivity index (χ0n) is 20.0. The Bertz CT molecular complexity index is 1620. The van der Waals surface area contributed by atoms with Gasteiger partial charge < -0.3 is 19.5 Å². The molecule has 198 valence electrons. The average Bonchev–Trinajstić information content (AvgIpc) is 3.36. The summed E-state index contributed by atoms with van der Waals surface area (Å²) >= 11 is 1.42. The van der Waals surface area contributed by atoms with Gasteiger partial charge >= 0.3 is 12.2 Å². The fraction of sp³-hybridized carbons (Fsp3) is 0.115. The molecule has 0 unspecified atom stereocenters. The van der Waals surface area contributed by atoms with E-state index in [-0.39, 0.29) is 22.9 Å². The summed E-state index contributed by atoms with van der Waals surface area (Å²) in [6.45, 7) is 0.710. The van der Waals surface area contributed by atoms with Gasteiger partial charge in [0.1, 0.15) is 11.5 Å². The number of rotatable bonds is 6. The Balaban J connectivity index is 1.27. The number of hydrogen-bond donors (Lipinski definition) is 2. The lowest BCUT2D eigenvalue weighted by molar-refractivity contribution is -0.384. The van der Waals surface area contributed by atoms with Crippen molar-refractivity contribution in [2.75, 3.05) is 18.4 Å². The number of nitro benzene ring substituents is 1. The summed E-state index contributed by atoms with van der Waals surface area (Å²) in [7, 11) is 0. The molecule has 0 aliphatic carbocycles. The van der Waals surface area contributed by atoms with E-state index in [0.29, 0.717) is 35.5 Å². The molecule has 0 radical (unpaired) electrons. The number of carbonyl (C=O) groups is 2. The van der Waals surface area contributed by atoms with Gasteiger partial charge in [0.25, 0.3) is 5.69 Å². The number of amides is 2. The SMILES string of the molecule is O=C(Nc1ccc(Oc2ccnc3cc(C4=CCN(C(=O)O)CC4)sc23)c(F)c1)Oc1ccc([N+](=O)[O-])cc1. The molecule has 2 amide bonds. The average molecular weight is 551 g/mol. The maximum atomic E-state index is 14.9. The third-order valence-corrected chi connectivity index (χ3v) is 7.04. The van der Waals surface area contributed by atoms with Crippen molar-refractivity contribution in [2.24, 2.45) is 0 Å². The number of carboxylic acid groups (broad SMARTS) is 1. The molecule has 1 aliphatic heterocycles. The summed E-state index contributed by atoms with van der Waals surface area (Å²) in [5, 5.41) is 22.3. The first-order valence-corrected chi connectivity index (χ1v) is 12.3. The van der Waals surface area contributed by atoms with Gasteiger partial charge in [0.2, 0.25) is 0 Å². The van der Waals surface area contributed by atoms with Crippen LogP contribution < -0.4 is 14.8 Å². The second kappa shape index (κ2) is 10.8. The number of halogens is 1. The van der Waals surface area contributed by atoms with Crippen molar-refractivity contribution in [1.29, 1.82) is 0 Å². The van der Waals surface area contributed by atoms with Gasteiger partial charge in [0.15, 0.2) is 11.6 Å². The second-order valence-electron chi connectivity index (χ2n) is 8.35. The van der Waals surface area contributed by atoms with E-state index in [4.69, 9.17) is 14.6 Å². The van der Waals surface area contributed by atoms with Crippen molar-refractivity contribution in [1.82, 2.24) is 9.88 Å². The van der Waals surface area contributed by atoms with Crippen LogP contribution in [0.5, 0.6) is 17.2 Å². The normalized spacial score (nSPS) is 13.1. The van der Waals surface area contributed by atoms with Gasteiger partial charge in [0, 0.05) is 54.1 Å². The van der Waals surface area contributed by atoms with Gasteiger partial charge in [-0.05, 0) is 42.3 Å². The topological polar surface area (TPSA) is 144 Å². The van der Waals surface area contributed by atoms with Crippen LogP contribution in [0.15, 0.2) is 66.9 Å². The Morgan fingerprint density at radius 1 is 1.13 bits per heavy atom. The molecule has 4 aromatic rings. The van der Waals surface area contributed by atoms with Crippen LogP contribution in [-0.4, -0.2) is 45.2 Å². The predicted octanol–water partition coefficient (Wildman–Crippen LogP) is 6.51. The summed E-state index contributed by atoms with van der Waals surface area (Å²) in [5.41, 5.74) is 1.65. The van der Waals surface area contributed by atoms with Gasteiger partial charge in [-0.2, -0.15) is 0 Å². The fourth-order valence-electron chi connectivity index (χ4n) is 3.89. The first kappa shape index (κ1) is 25.6. The molecular formula is C26H19FN4O7S. The Kier molecular flexibility index (Phi) is 7.06. The van der Waals surface area contributed by atoms with Gasteiger partial charge in [-0.25, -0.2) is 14.0 Å². The predicted molar refractivity (Wildman–Crippen MR) is 141 cm³/mol. The number of anilines is 1. The Morgan fingerprint density at radius 2 is 1.92 bits per heavy atom. The van der Waals surface area contributed by atoms with Crippen LogP contribution in [0.3, 0.4) is 0 Å². The molecule has 11 nitrogen and oxygen atoms in total. The molecule has 2 aromatic heterocycles. The minimum atomic E-state index is -0.955. The number of pyridine rings is 1. The highest BCUT2D eigenvalue weighted by molar-refractivity contribution is 7.20. The van der Waals surface area contributed by atoms with E-state index in [1.165, 1.54) is 52.6 Å². The molecule has 2 N–H and O–H groups in total. The number of hydrogen-bond acceptors (Lipinski definition) is 8. The number of fused-ring (bicyclic) bond motifs is 1. The molecule has 3 heterocycles. The van der Waals surface area contributed by atoms with Crippen molar-refractivity contribution in [3.05, 3.63) is 87.7 Å². The van der Waals surface area contributed by atoms with Gasteiger partial charge in [-0.3, -0.25) is 20.4 Å². The Labute approximate surface area is 223 Å². The van der Waals surface area contributed by atoms with Crippen molar-refractivity contribution in [2.45, 2.75) is 6.42 Å². The lowest BCUT2D eigenvalue weighted by Crippen LogP contribution is -2.33. The molecule has 0 spiro atoms. The number of aromatic nitrogens is 1. The van der Waals surface area contributed by atoms with Crippen molar-refractivity contribution in [3.63, 3.8) is 0 Å². The molecule has 0 fully saturated rings. The smallest absolute Gasteiger partial charge is 0.417 e. The van der Waals surface area contributed by atoms with Crippen LogP contribution in [0.2, 0.25) is 0 Å². The first-order chi connectivity index (χ1) is 18.8. The van der Waals surface area contributed by atoms with Gasteiger partial charge in [-0.15, -0.1) is 11.3 Å². The number of benzene rings is 2. The van der Waals surface area contributed by atoms with Crippen molar-refractivity contribution < 1.29 is 33.5 Å². The largest absolute Gasteiger partial charge is 0.465 e. The van der Waals surface area contributed by atoms with Gasteiger partial charge in [-0.1, -0.05) is 6.08 Å². The number of nitrogens with one attached hydrogen (secondary N) is 1. The maximum absolute atomic E-state index is 14.9. The van der Waals surface area contributed by atoms with Crippen LogP contribution in [-0.2, 0) is 0 Å². The number of nitrogens with zero attached hydrogens (tertiary/aromatic N) is 3. The lowest BCUT2D eigenvalue weighted by atomic mass is 10.1. The van der Waals surface area contributed by atoms with E-state index in [1.807, 2.05) is 12.1 Å². The number of nitro groups is 1. The first-order valence-electron chi connectivity index (χ1n) is 11.5. The maximum Gasteiger partial charge on any atom is 0.417 e. The third kappa shape index (κ3) is 5.78. The minimum Gasteiger partial charge on any atom is -0.465 e. The highest BCUT2D eigenvalue weighted by Crippen LogP contribution is 2.39. The lowest BCUT2D eigenvalue weighted by Gasteiger charge is -2.23. The van der Waals surface area contributed by atoms with Crippen LogP contribution in [0.1, 0.15) is 11.3 Å². The standard InChI is InChI=1S/C26H19FN4O7S/c27-19-13-16(29-25(32)37-18-4-2-17(3-5-18)31(35)36)1-6-21(19)38-22-7-10-28-20-14-23(39-24(20)22)15-8-11-30(12-9-15)26(33)34/h1-8,10,13-14H,9,11-12H2,(H,29,32)(H,33,34). The number of ether oxygens (including phenoxy) is 2. The molecule has 2 aromatic carbocycles. The molecule has 0 bridgehead atoms. The summed E-state index contributed by atoms with van der Waals surface area (Å²) < 4.78 is 26.5. The van der Waals surface area contributed by atoms with E-state index in [2.05, 4.69) is 10.3 Å². The third-order valence-electron chi connectivity index (χ3n) is 5.83. The summed E-state index contributed by atoms with van der Waals surface area (Å²) in [6, 6.07) is 12.3. The van der Waals surface area contributed by atoms with Crippen molar-refractivity contribution >= 4 is 50.7 Å². The summed E-state index contributed by atoms with van der Waals surface area (Å²) in [4.78, 5) is 40.1. The van der Waals surface area contributed by atoms with E-state index in [0.717, 1.165) is 16.5 Å². The highest BCUT2D eigenvalue weighted by Gasteiger charge is 2.20. The molecule has 13 heteroatoms. The molecular weight excluding hydrogens is 531 g/mol.